The minimum absolute atomic E-state index is 0.0909. The molecule has 2 heterocycles. The maximum atomic E-state index is 12.7. The average molecular weight is 323 g/mol. The molecule has 1 saturated heterocycles. The number of nitrogens with one attached hydrogen (secondary N) is 1. The van der Waals surface area contributed by atoms with Gasteiger partial charge >= 0.3 is 0 Å². The van der Waals surface area contributed by atoms with E-state index in [4.69, 9.17) is 0 Å². The van der Waals surface area contributed by atoms with Crippen LogP contribution in [0.2, 0.25) is 0 Å². The first-order chi connectivity index (χ1) is 11.6. The van der Waals surface area contributed by atoms with Crippen LogP contribution in [-0.2, 0) is 0 Å². The van der Waals surface area contributed by atoms with E-state index in [9.17, 15) is 4.79 Å². The van der Waals surface area contributed by atoms with E-state index in [0.717, 1.165) is 37.3 Å². The molecule has 0 spiro atoms. The molecular formula is C20H25N3O. The van der Waals surface area contributed by atoms with Gasteiger partial charge in [0.15, 0.2) is 0 Å². The Kier molecular flexibility index (Phi) is 5.14. The number of anilines is 2. The molecule has 126 valence electrons. The van der Waals surface area contributed by atoms with Gasteiger partial charge < -0.3 is 10.2 Å². The summed E-state index contributed by atoms with van der Waals surface area (Å²) in [7, 11) is 0. The highest BCUT2D eigenvalue weighted by molar-refractivity contribution is 5.95. The number of aryl methyl sites for hydroxylation is 2. The molecule has 1 aromatic heterocycles. The largest absolute Gasteiger partial charge is 0.354 e. The number of likely N-dealkylation sites (tertiary alicyclic amines) is 1. The number of hydrogen-bond donors (Lipinski definition) is 1. The van der Waals surface area contributed by atoms with Crippen LogP contribution >= 0.6 is 0 Å². The zero-order valence-corrected chi connectivity index (χ0v) is 14.5. The van der Waals surface area contributed by atoms with Crippen LogP contribution < -0.4 is 5.32 Å². The summed E-state index contributed by atoms with van der Waals surface area (Å²) in [4.78, 5) is 18.9. The van der Waals surface area contributed by atoms with Crippen molar-refractivity contribution in [2.75, 3.05) is 18.4 Å². The van der Waals surface area contributed by atoms with E-state index in [0.29, 0.717) is 5.56 Å². The van der Waals surface area contributed by atoms with Crippen LogP contribution in [-0.4, -0.2) is 28.9 Å². The normalized spacial score (nSPS) is 15.0. The first-order valence-corrected chi connectivity index (χ1v) is 8.72. The topological polar surface area (TPSA) is 45.2 Å². The van der Waals surface area contributed by atoms with Gasteiger partial charge in [0.05, 0.1) is 17.4 Å². The fraction of sp³-hybridized carbons (Fsp3) is 0.400. The zero-order chi connectivity index (χ0) is 16.9. The maximum absolute atomic E-state index is 12.7. The fourth-order valence-corrected chi connectivity index (χ4v) is 3.07. The molecule has 1 aliphatic heterocycles. The van der Waals surface area contributed by atoms with Crippen molar-refractivity contribution >= 4 is 17.3 Å². The number of pyridine rings is 1. The highest BCUT2D eigenvalue weighted by Crippen LogP contribution is 2.21. The molecular weight excluding hydrogens is 298 g/mol. The van der Waals surface area contributed by atoms with Crippen LogP contribution in [0.5, 0.6) is 0 Å². The van der Waals surface area contributed by atoms with E-state index < -0.39 is 0 Å². The Morgan fingerprint density at radius 3 is 2.42 bits per heavy atom. The van der Waals surface area contributed by atoms with Gasteiger partial charge in [0.25, 0.3) is 5.91 Å². The quantitative estimate of drug-likeness (QED) is 0.907. The Morgan fingerprint density at radius 1 is 0.958 bits per heavy atom. The highest BCUT2D eigenvalue weighted by Gasteiger charge is 2.17. The lowest BCUT2D eigenvalue weighted by Crippen LogP contribution is -2.31. The second-order valence-electron chi connectivity index (χ2n) is 6.59. The second-order valence-corrected chi connectivity index (χ2v) is 6.59. The first kappa shape index (κ1) is 16.5. The van der Waals surface area contributed by atoms with Crippen LogP contribution in [0.4, 0.5) is 11.4 Å². The van der Waals surface area contributed by atoms with Crippen molar-refractivity contribution < 1.29 is 4.79 Å². The molecule has 24 heavy (non-hydrogen) atoms. The van der Waals surface area contributed by atoms with Gasteiger partial charge in [0, 0.05) is 25.0 Å². The number of aromatic nitrogens is 1. The standard InChI is InChI=1S/C20H25N3O/c1-15-7-8-18(11-16(15)2)22-19-12-17(13-21-14-19)20(24)23-9-5-3-4-6-10-23/h7-8,11-14,22H,3-6,9-10H2,1-2H3. The molecule has 2 aromatic rings. The Hall–Kier alpha value is -2.36. The van der Waals surface area contributed by atoms with Crippen LogP contribution in [0.3, 0.4) is 0 Å². The van der Waals surface area contributed by atoms with Crippen LogP contribution in [0.15, 0.2) is 36.7 Å². The lowest BCUT2D eigenvalue weighted by molar-refractivity contribution is 0.0761. The second kappa shape index (κ2) is 7.47. The average Bonchev–Trinajstić information content (AvgIpc) is 2.87. The van der Waals surface area contributed by atoms with Crippen molar-refractivity contribution in [1.82, 2.24) is 9.88 Å². The SMILES string of the molecule is Cc1ccc(Nc2cncc(C(=O)N3CCCCCC3)c2)cc1C. The van der Waals surface area contributed by atoms with E-state index >= 15 is 0 Å². The molecule has 1 N–H and O–H groups in total. The first-order valence-electron chi connectivity index (χ1n) is 8.72. The summed E-state index contributed by atoms with van der Waals surface area (Å²) in [5, 5.41) is 3.35. The number of benzene rings is 1. The molecule has 0 aliphatic carbocycles. The summed E-state index contributed by atoms with van der Waals surface area (Å²) in [5.41, 5.74) is 5.03. The monoisotopic (exact) mass is 323 g/mol. The Morgan fingerprint density at radius 2 is 1.71 bits per heavy atom. The number of carbonyl (C=O) groups excluding carboxylic acids is 1. The van der Waals surface area contributed by atoms with E-state index in [-0.39, 0.29) is 5.91 Å². The maximum Gasteiger partial charge on any atom is 0.255 e. The van der Waals surface area contributed by atoms with Gasteiger partial charge in [-0.1, -0.05) is 18.9 Å². The molecule has 3 rings (SSSR count). The third-order valence-electron chi connectivity index (χ3n) is 4.67. The van der Waals surface area contributed by atoms with Gasteiger partial charge in [0.2, 0.25) is 0 Å². The van der Waals surface area contributed by atoms with Gasteiger partial charge in [-0.15, -0.1) is 0 Å². The fourth-order valence-electron chi connectivity index (χ4n) is 3.07. The van der Waals surface area contributed by atoms with Crippen molar-refractivity contribution in [2.45, 2.75) is 39.5 Å². The predicted octanol–water partition coefficient (Wildman–Crippen LogP) is 4.46. The summed E-state index contributed by atoms with van der Waals surface area (Å²) in [6.07, 6.45) is 8.06. The predicted molar refractivity (Wildman–Crippen MR) is 97.8 cm³/mol. The number of amides is 1. The van der Waals surface area contributed by atoms with Gasteiger partial charge in [-0.05, 0) is 56.0 Å². The van der Waals surface area contributed by atoms with Gasteiger partial charge in [-0.3, -0.25) is 9.78 Å². The molecule has 1 amide bonds. The number of carbonyl (C=O) groups is 1. The molecule has 4 heteroatoms. The number of rotatable bonds is 3. The van der Waals surface area contributed by atoms with Crippen LogP contribution in [0.1, 0.15) is 47.2 Å². The van der Waals surface area contributed by atoms with Crippen molar-refractivity contribution in [3.8, 4) is 0 Å². The Balaban J connectivity index is 1.75. The van der Waals surface area contributed by atoms with Gasteiger partial charge in [-0.25, -0.2) is 0 Å². The summed E-state index contributed by atoms with van der Waals surface area (Å²) in [6, 6.07) is 8.15. The number of hydrogen-bond acceptors (Lipinski definition) is 3. The minimum atomic E-state index is 0.0909. The summed E-state index contributed by atoms with van der Waals surface area (Å²) in [5.74, 6) is 0.0909. The molecule has 1 aromatic carbocycles. The molecule has 1 fully saturated rings. The lowest BCUT2D eigenvalue weighted by atomic mass is 10.1. The molecule has 1 aliphatic rings. The van der Waals surface area contributed by atoms with E-state index in [2.05, 4.69) is 36.3 Å². The Bertz CT molecular complexity index is 719. The van der Waals surface area contributed by atoms with E-state index in [1.807, 2.05) is 17.0 Å². The molecule has 0 unspecified atom stereocenters. The minimum Gasteiger partial charge on any atom is -0.354 e. The zero-order valence-electron chi connectivity index (χ0n) is 14.5. The van der Waals surface area contributed by atoms with Crippen LogP contribution in [0.25, 0.3) is 0 Å². The summed E-state index contributed by atoms with van der Waals surface area (Å²) < 4.78 is 0. The molecule has 4 nitrogen and oxygen atoms in total. The third-order valence-corrected chi connectivity index (χ3v) is 4.67. The Labute approximate surface area is 143 Å². The molecule has 0 saturated carbocycles. The molecule has 0 radical (unpaired) electrons. The lowest BCUT2D eigenvalue weighted by Gasteiger charge is -2.20. The smallest absolute Gasteiger partial charge is 0.255 e. The van der Waals surface area contributed by atoms with E-state index in [1.165, 1.54) is 24.0 Å². The van der Waals surface area contributed by atoms with Crippen molar-refractivity contribution in [3.63, 3.8) is 0 Å². The summed E-state index contributed by atoms with van der Waals surface area (Å²) in [6.45, 7) is 5.90. The summed E-state index contributed by atoms with van der Waals surface area (Å²) >= 11 is 0. The highest BCUT2D eigenvalue weighted by atomic mass is 16.2. The van der Waals surface area contributed by atoms with Crippen molar-refractivity contribution in [3.05, 3.63) is 53.3 Å². The van der Waals surface area contributed by atoms with Crippen molar-refractivity contribution in [2.24, 2.45) is 0 Å². The molecule has 0 bridgehead atoms. The third kappa shape index (κ3) is 3.94. The number of nitrogens with zero attached hydrogens (tertiary/aromatic N) is 2. The molecule has 0 atom stereocenters. The van der Waals surface area contributed by atoms with Gasteiger partial charge in [0.1, 0.15) is 0 Å². The van der Waals surface area contributed by atoms with E-state index in [1.54, 1.807) is 12.4 Å². The van der Waals surface area contributed by atoms with Crippen molar-refractivity contribution in [1.29, 1.82) is 0 Å². The van der Waals surface area contributed by atoms with Crippen LogP contribution in [0, 0.1) is 13.8 Å². The van der Waals surface area contributed by atoms with Gasteiger partial charge in [-0.2, -0.15) is 0 Å².